The van der Waals surface area contributed by atoms with Crippen molar-refractivity contribution in [2.24, 2.45) is 0 Å². The summed E-state index contributed by atoms with van der Waals surface area (Å²) in [6.45, 7) is 0. The van der Waals surface area contributed by atoms with Crippen LogP contribution in [0.5, 0.6) is 0 Å². The van der Waals surface area contributed by atoms with Crippen LogP contribution >= 0.6 is 11.6 Å². The molecule has 0 fully saturated rings. The Labute approximate surface area is 63.2 Å². The second-order valence-corrected chi connectivity index (χ2v) is 2.42. The van der Waals surface area contributed by atoms with E-state index in [-0.39, 0.29) is 5.83 Å². The van der Waals surface area contributed by atoms with E-state index in [2.05, 4.69) is 0 Å². The molecule has 0 aromatic carbocycles. The molecule has 0 aromatic rings. The van der Waals surface area contributed by atoms with Crippen LogP contribution in [0, 0.1) is 0 Å². The van der Waals surface area contributed by atoms with Crippen LogP contribution in [0.1, 0.15) is 12.8 Å². The van der Waals surface area contributed by atoms with Crippen molar-refractivity contribution < 1.29 is 9.18 Å². The molecular weight excluding hydrogens is 155 g/mol. The minimum Gasteiger partial charge on any atom is -0.276 e. The minimum absolute atomic E-state index is 0.193. The van der Waals surface area contributed by atoms with Crippen molar-refractivity contribution in [1.29, 1.82) is 0 Å². The lowest BCUT2D eigenvalue weighted by molar-refractivity contribution is -0.108. The molecule has 1 rings (SSSR count). The Kier molecular flexibility index (Phi) is 2.22. The molecule has 1 aliphatic rings. The van der Waals surface area contributed by atoms with E-state index in [0.717, 1.165) is 0 Å². The molecule has 0 radical (unpaired) electrons. The van der Waals surface area contributed by atoms with Crippen LogP contribution in [-0.4, -0.2) is 5.24 Å². The number of allylic oxidation sites excluding steroid dienone is 4. The molecule has 0 atom stereocenters. The molecule has 0 amide bonds. The number of halogens is 2. The van der Waals surface area contributed by atoms with Crippen LogP contribution in [0.15, 0.2) is 23.6 Å². The monoisotopic (exact) mass is 160 g/mol. The molecule has 0 aliphatic heterocycles. The van der Waals surface area contributed by atoms with Gasteiger partial charge in [-0.2, -0.15) is 0 Å². The fourth-order valence-corrected chi connectivity index (χ4v) is 0.933. The van der Waals surface area contributed by atoms with Gasteiger partial charge in [-0.15, -0.1) is 0 Å². The van der Waals surface area contributed by atoms with Crippen LogP contribution in [0.25, 0.3) is 0 Å². The third-order valence-electron chi connectivity index (χ3n) is 1.35. The molecule has 0 saturated carbocycles. The molecular formula is C7H6ClFO. The Morgan fingerprint density at radius 3 is 2.60 bits per heavy atom. The van der Waals surface area contributed by atoms with E-state index >= 15 is 0 Å². The van der Waals surface area contributed by atoms with E-state index in [9.17, 15) is 9.18 Å². The van der Waals surface area contributed by atoms with Crippen LogP contribution < -0.4 is 0 Å². The fourth-order valence-electron chi connectivity index (χ4n) is 0.776. The summed E-state index contributed by atoms with van der Waals surface area (Å²) in [5, 5.41) is -0.483. The Bertz CT molecular complexity index is 218. The molecule has 0 saturated heterocycles. The summed E-state index contributed by atoms with van der Waals surface area (Å²) in [5.41, 5.74) is 0.489. The van der Waals surface area contributed by atoms with Gasteiger partial charge in [0, 0.05) is 12.0 Å². The van der Waals surface area contributed by atoms with Crippen molar-refractivity contribution in [2.75, 3.05) is 0 Å². The third-order valence-corrected chi connectivity index (χ3v) is 1.59. The van der Waals surface area contributed by atoms with Crippen LogP contribution in [0.3, 0.4) is 0 Å². The average Bonchev–Trinajstić information content (AvgIpc) is 1.88. The summed E-state index contributed by atoms with van der Waals surface area (Å²) in [6.07, 6.45) is 3.42. The van der Waals surface area contributed by atoms with E-state index in [1.165, 1.54) is 12.2 Å². The maximum absolute atomic E-state index is 12.3. The Hall–Kier alpha value is -0.630. The highest BCUT2D eigenvalue weighted by atomic mass is 35.5. The molecule has 0 bridgehead atoms. The summed E-state index contributed by atoms with van der Waals surface area (Å²) in [5.74, 6) is -0.193. The van der Waals surface area contributed by atoms with Crippen LogP contribution in [0.4, 0.5) is 4.39 Å². The molecule has 0 N–H and O–H groups in total. The molecule has 10 heavy (non-hydrogen) atoms. The summed E-state index contributed by atoms with van der Waals surface area (Å²) < 4.78 is 12.3. The molecule has 1 nitrogen and oxygen atoms in total. The molecule has 0 aromatic heterocycles. The number of hydrogen-bond acceptors (Lipinski definition) is 1. The molecule has 0 spiro atoms. The van der Waals surface area contributed by atoms with Gasteiger partial charge in [0.1, 0.15) is 5.83 Å². The quantitative estimate of drug-likeness (QED) is 0.538. The van der Waals surface area contributed by atoms with Crippen molar-refractivity contribution in [3.63, 3.8) is 0 Å². The predicted molar refractivity (Wildman–Crippen MR) is 37.4 cm³/mol. The van der Waals surface area contributed by atoms with Gasteiger partial charge in [-0.3, -0.25) is 4.79 Å². The van der Waals surface area contributed by atoms with Gasteiger partial charge in [-0.25, -0.2) is 4.39 Å². The van der Waals surface area contributed by atoms with Gasteiger partial charge in [-0.05, 0) is 24.1 Å². The van der Waals surface area contributed by atoms with Crippen molar-refractivity contribution in [1.82, 2.24) is 0 Å². The first-order valence-corrected chi connectivity index (χ1v) is 3.33. The van der Waals surface area contributed by atoms with Gasteiger partial charge in [-0.1, -0.05) is 6.08 Å². The SMILES string of the molecule is O=C(Cl)C1=CC=C(F)CC1. The molecule has 3 heteroatoms. The van der Waals surface area contributed by atoms with Gasteiger partial charge < -0.3 is 0 Å². The van der Waals surface area contributed by atoms with Gasteiger partial charge >= 0.3 is 0 Å². The average molecular weight is 161 g/mol. The van der Waals surface area contributed by atoms with Crippen LogP contribution in [-0.2, 0) is 4.79 Å². The van der Waals surface area contributed by atoms with E-state index in [1.807, 2.05) is 0 Å². The lowest BCUT2D eigenvalue weighted by atomic mass is 10.1. The summed E-state index contributed by atoms with van der Waals surface area (Å²) in [7, 11) is 0. The predicted octanol–water partition coefficient (Wildman–Crippen LogP) is 2.33. The summed E-state index contributed by atoms with van der Waals surface area (Å²) in [4.78, 5) is 10.5. The van der Waals surface area contributed by atoms with E-state index in [0.29, 0.717) is 18.4 Å². The second kappa shape index (κ2) is 2.97. The summed E-state index contributed by atoms with van der Waals surface area (Å²) >= 11 is 5.15. The first-order valence-electron chi connectivity index (χ1n) is 2.95. The third kappa shape index (κ3) is 1.67. The summed E-state index contributed by atoms with van der Waals surface area (Å²) in [6, 6.07) is 0. The largest absolute Gasteiger partial charge is 0.276 e. The highest BCUT2D eigenvalue weighted by Crippen LogP contribution is 2.20. The maximum atomic E-state index is 12.3. The van der Waals surface area contributed by atoms with Gasteiger partial charge in [0.05, 0.1) is 0 Å². The fraction of sp³-hybridized carbons (Fsp3) is 0.286. The van der Waals surface area contributed by atoms with E-state index in [1.54, 1.807) is 0 Å². The topological polar surface area (TPSA) is 17.1 Å². The zero-order valence-corrected chi connectivity index (χ0v) is 5.99. The normalized spacial score (nSPS) is 17.8. The standard InChI is InChI=1S/C7H6ClFO/c8-7(10)5-1-3-6(9)4-2-5/h1,3H,2,4H2. The first kappa shape index (κ1) is 7.48. The van der Waals surface area contributed by atoms with E-state index in [4.69, 9.17) is 11.6 Å². The van der Waals surface area contributed by atoms with Gasteiger partial charge in [0.2, 0.25) is 5.24 Å². The minimum atomic E-state index is -0.483. The van der Waals surface area contributed by atoms with Crippen molar-refractivity contribution >= 4 is 16.8 Å². The zero-order valence-electron chi connectivity index (χ0n) is 5.23. The molecule has 1 aliphatic carbocycles. The van der Waals surface area contributed by atoms with E-state index < -0.39 is 5.24 Å². The highest BCUT2D eigenvalue weighted by Gasteiger charge is 2.09. The number of hydrogen-bond donors (Lipinski definition) is 0. The smallest absolute Gasteiger partial charge is 0.248 e. The number of carbonyl (C=O) groups is 1. The first-order chi connectivity index (χ1) is 4.70. The number of rotatable bonds is 1. The second-order valence-electron chi connectivity index (χ2n) is 2.08. The lowest BCUT2D eigenvalue weighted by Crippen LogP contribution is -1.96. The number of carbonyl (C=O) groups excluding carboxylic acids is 1. The Morgan fingerprint density at radius 1 is 1.50 bits per heavy atom. The highest BCUT2D eigenvalue weighted by molar-refractivity contribution is 6.67. The van der Waals surface area contributed by atoms with Crippen molar-refractivity contribution in [3.8, 4) is 0 Å². The van der Waals surface area contributed by atoms with Crippen LogP contribution in [0.2, 0.25) is 0 Å². The molecule has 0 unspecified atom stereocenters. The Balaban J connectivity index is 2.74. The van der Waals surface area contributed by atoms with Gasteiger partial charge in [0.15, 0.2) is 0 Å². The van der Waals surface area contributed by atoms with Crippen molar-refractivity contribution in [2.45, 2.75) is 12.8 Å². The maximum Gasteiger partial charge on any atom is 0.248 e. The molecule has 0 heterocycles. The van der Waals surface area contributed by atoms with Crippen molar-refractivity contribution in [3.05, 3.63) is 23.6 Å². The molecule has 54 valence electrons. The Morgan fingerprint density at radius 2 is 2.20 bits per heavy atom. The zero-order chi connectivity index (χ0) is 7.56. The van der Waals surface area contributed by atoms with Gasteiger partial charge in [0.25, 0.3) is 0 Å². The lowest BCUT2D eigenvalue weighted by Gasteiger charge is -2.04.